The van der Waals surface area contributed by atoms with Crippen molar-refractivity contribution >= 4 is 40.9 Å². The molecule has 0 spiro atoms. The normalized spacial score (nSPS) is 10.5. The molecule has 0 heterocycles. The number of methoxy groups -OCH3 is 1. The van der Waals surface area contributed by atoms with Crippen LogP contribution in [0.2, 0.25) is 0 Å². The lowest BCUT2D eigenvalue weighted by Crippen LogP contribution is -2.40. The molecule has 0 saturated carbocycles. The molecule has 0 aliphatic rings. The van der Waals surface area contributed by atoms with Gasteiger partial charge in [-0.3, -0.25) is 14.9 Å². The summed E-state index contributed by atoms with van der Waals surface area (Å²) in [6, 6.07) is 24.1. The lowest BCUT2D eigenvalue weighted by atomic mass is 10.1. The average Bonchev–Trinajstić information content (AvgIpc) is 2.86. The molecule has 168 valence electrons. The lowest BCUT2D eigenvalue weighted by Gasteiger charge is -2.22. The number of carbonyl (C=O) groups is 2. The number of anilines is 1. The highest BCUT2D eigenvalue weighted by Gasteiger charge is 2.17. The van der Waals surface area contributed by atoms with Gasteiger partial charge in [0.25, 0.3) is 5.91 Å². The van der Waals surface area contributed by atoms with E-state index in [-0.39, 0.29) is 16.9 Å². The highest BCUT2D eigenvalue weighted by Crippen LogP contribution is 2.19. The average molecular weight is 460 g/mol. The topological polar surface area (TPSA) is 70.7 Å². The molecule has 3 aromatic rings. The van der Waals surface area contributed by atoms with Crippen molar-refractivity contribution in [3.8, 4) is 5.75 Å². The van der Waals surface area contributed by atoms with E-state index >= 15 is 0 Å². The molecule has 33 heavy (non-hydrogen) atoms. The second-order valence-corrected chi connectivity index (χ2v) is 7.53. The minimum Gasteiger partial charge on any atom is -0.497 e. The van der Waals surface area contributed by atoms with Gasteiger partial charge in [-0.1, -0.05) is 54.6 Å². The first-order valence-electron chi connectivity index (χ1n) is 10.3. The Hall–Kier alpha value is -3.97. The van der Waals surface area contributed by atoms with Gasteiger partial charge in [0.15, 0.2) is 5.11 Å². The first-order valence-corrected chi connectivity index (χ1v) is 10.7. The fourth-order valence-corrected chi connectivity index (χ4v) is 3.26. The van der Waals surface area contributed by atoms with Crippen LogP contribution in [0.4, 0.5) is 5.69 Å². The number of rotatable bonds is 7. The van der Waals surface area contributed by atoms with E-state index in [1.165, 1.54) is 6.08 Å². The summed E-state index contributed by atoms with van der Waals surface area (Å²) >= 11 is 5.40. The number of thiocarbonyl (C=S) groups is 1. The number of benzene rings is 3. The maximum Gasteiger partial charge on any atom is 0.253 e. The van der Waals surface area contributed by atoms with Crippen molar-refractivity contribution in [3.63, 3.8) is 0 Å². The molecule has 7 heteroatoms. The van der Waals surface area contributed by atoms with Crippen LogP contribution < -0.4 is 20.3 Å². The van der Waals surface area contributed by atoms with Crippen LogP contribution in [0.3, 0.4) is 0 Å². The molecule has 3 aromatic carbocycles. The van der Waals surface area contributed by atoms with Gasteiger partial charge in [0.2, 0.25) is 5.91 Å². The van der Waals surface area contributed by atoms with Crippen molar-refractivity contribution in [2.45, 2.75) is 6.54 Å². The fraction of sp³-hybridized carbons (Fsp3) is 0.115. The van der Waals surface area contributed by atoms with Crippen LogP contribution in [0, 0.1) is 0 Å². The van der Waals surface area contributed by atoms with E-state index in [2.05, 4.69) is 10.6 Å². The summed E-state index contributed by atoms with van der Waals surface area (Å²) < 4.78 is 5.13. The molecular formula is C26H25N3O3S. The Bertz CT molecular complexity index is 1140. The van der Waals surface area contributed by atoms with Crippen molar-refractivity contribution in [2.24, 2.45) is 0 Å². The zero-order valence-electron chi connectivity index (χ0n) is 18.4. The van der Waals surface area contributed by atoms with E-state index in [1.54, 1.807) is 43.3 Å². The third-order valence-electron chi connectivity index (χ3n) is 4.88. The highest BCUT2D eigenvalue weighted by atomic mass is 32.1. The Labute approximate surface area is 198 Å². The molecular weight excluding hydrogens is 434 g/mol. The predicted molar refractivity (Wildman–Crippen MR) is 135 cm³/mol. The minimum atomic E-state index is -0.367. The highest BCUT2D eigenvalue weighted by molar-refractivity contribution is 7.80. The van der Waals surface area contributed by atoms with Crippen LogP contribution in [-0.4, -0.2) is 31.1 Å². The molecule has 0 fully saturated rings. The molecule has 0 radical (unpaired) electrons. The Kier molecular flexibility index (Phi) is 8.32. The van der Waals surface area contributed by atoms with E-state index in [0.29, 0.717) is 17.8 Å². The summed E-state index contributed by atoms with van der Waals surface area (Å²) in [4.78, 5) is 26.8. The van der Waals surface area contributed by atoms with Gasteiger partial charge in [0.05, 0.1) is 18.4 Å². The third-order valence-corrected chi connectivity index (χ3v) is 5.26. The van der Waals surface area contributed by atoms with E-state index in [0.717, 1.165) is 16.9 Å². The van der Waals surface area contributed by atoms with Crippen LogP contribution in [-0.2, 0) is 11.3 Å². The number of hydrogen-bond donors (Lipinski definition) is 2. The first-order chi connectivity index (χ1) is 16.0. The molecule has 0 unspecified atom stereocenters. The SMILES string of the molecule is COc1ccc(C=CC(=O)NC(=S)N(C)c2ccccc2C(=O)NCc2ccccc2)cc1. The van der Waals surface area contributed by atoms with Gasteiger partial charge in [0, 0.05) is 19.7 Å². The lowest BCUT2D eigenvalue weighted by molar-refractivity contribution is -0.115. The van der Waals surface area contributed by atoms with Gasteiger partial charge in [0.1, 0.15) is 5.75 Å². The van der Waals surface area contributed by atoms with Crippen LogP contribution in [0.15, 0.2) is 84.9 Å². The van der Waals surface area contributed by atoms with Crippen LogP contribution in [0.25, 0.3) is 6.08 Å². The van der Waals surface area contributed by atoms with Crippen molar-refractivity contribution in [1.82, 2.24) is 10.6 Å². The summed E-state index contributed by atoms with van der Waals surface area (Å²) in [6.07, 6.45) is 3.09. The Morgan fingerprint density at radius 3 is 2.33 bits per heavy atom. The van der Waals surface area contributed by atoms with Gasteiger partial charge in [-0.25, -0.2) is 0 Å². The fourth-order valence-electron chi connectivity index (χ4n) is 3.06. The number of para-hydroxylation sites is 1. The molecule has 6 nitrogen and oxygen atoms in total. The summed E-state index contributed by atoms with van der Waals surface area (Å²) in [5, 5.41) is 5.77. The molecule has 0 aliphatic carbocycles. The maximum atomic E-state index is 12.8. The molecule has 0 bridgehead atoms. The van der Waals surface area contributed by atoms with Gasteiger partial charge >= 0.3 is 0 Å². The van der Waals surface area contributed by atoms with E-state index in [9.17, 15) is 9.59 Å². The van der Waals surface area contributed by atoms with Crippen molar-refractivity contribution in [2.75, 3.05) is 19.1 Å². The van der Waals surface area contributed by atoms with Gasteiger partial charge in [-0.05, 0) is 53.7 Å². The number of nitrogens with one attached hydrogen (secondary N) is 2. The van der Waals surface area contributed by atoms with E-state index in [1.807, 2.05) is 60.7 Å². The molecule has 0 aliphatic heterocycles. The molecule has 0 atom stereocenters. The molecule has 2 N–H and O–H groups in total. The molecule has 3 rings (SSSR count). The number of amides is 2. The Balaban J connectivity index is 1.63. The Morgan fingerprint density at radius 2 is 1.64 bits per heavy atom. The van der Waals surface area contributed by atoms with Gasteiger partial charge in [-0.15, -0.1) is 0 Å². The summed E-state index contributed by atoms with van der Waals surface area (Å²) in [7, 11) is 3.31. The summed E-state index contributed by atoms with van der Waals surface area (Å²) in [5.41, 5.74) is 2.91. The number of nitrogens with zero attached hydrogens (tertiary/aromatic N) is 1. The molecule has 0 aromatic heterocycles. The summed E-state index contributed by atoms with van der Waals surface area (Å²) in [6.45, 7) is 0.412. The molecule has 0 saturated heterocycles. The van der Waals surface area contributed by atoms with Gasteiger partial charge in [-0.2, -0.15) is 0 Å². The van der Waals surface area contributed by atoms with Crippen molar-refractivity contribution < 1.29 is 14.3 Å². The van der Waals surface area contributed by atoms with Crippen LogP contribution in [0.1, 0.15) is 21.5 Å². The van der Waals surface area contributed by atoms with Crippen molar-refractivity contribution in [3.05, 3.63) is 102 Å². The number of carbonyl (C=O) groups excluding carboxylic acids is 2. The second-order valence-electron chi connectivity index (χ2n) is 7.15. The zero-order chi connectivity index (χ0) is 23.6. The largest absolute Gasteiger partial charge is 0.497 e. The minimum absolute atomic E-state index is 0.183. The quantitative estimate of drug-likeness (QED) is 0.410. The standard InChI is InChI=1S/C26H25N3O3S/c1-29(26(33)28-24(30)17-14-19-12-15-21(32-2)16-13-19)23-11-7-6-10-22(23)25(31)27-18-20-8-4-3-5-9-20/h3-17H,18H2,1-2H3,(H,27,31)(H,28,30,33). The third kappa shape index (κ3) is 6.75. The van der Waals surface area contributed by atoms with Gasteiger partial charge < -0.3 is 15.0 Å². The molecule has 2 amide bonds. The Morgan fingerprint density at radius 1 is 0.970 bits per heavy atom. The van der Waals surface area contributed by atoms with Crippen molar-refractivity contribution in [1.29, 1.82) is 0 Å². The number of hydrogen-bond acceptors (Lipinski definition) is 4. The van der Waals surface area contributed by atoms with E-state index < -0.39 is 0 Å². The second kappa shape index (κ2) is 11.6. The monoisotopic (exact) mass is 459 g/mol. The first kappa shape index (κ1) is 23.7. The zero-order valence-corrected chi connectivity index (χ0v) is 19.3. The van der Waals surface area contributed by atoms with Crippen LogP contribution in [0.5, 0.6) is 5.75 Å². The smallest absolute Gasteiger partial charge is 0.253 e. The van der Waals surface area contributed by atoms with E-state index in [4.69, 9.17) is 17.0 Å². The number of ether oxygens (including phenoxy) is 1. The predicted octanol–water partition coefficient (Wildman–Crippen LogP) is 4.18. The van der Waals surface area contributed by atoms with Crippen LogP contribution >= 0.6 is 12.2 Å². The summed E-state index contributed by atoms with van der Waals surface area (Å²) in [5.74, 6) is 0.148. The maximum absolute atomic E-state index is 12.8.